The Balaban J connectivity index is 2.51. The third-order valence-corrected chi connectivity index (χ3v) is 1.41. The van der Waals surface area contributed by atoms with Crippen LogP contribution in [0.2, 0.25) is 0 Å². The highest BCUT2D eigenvalue weighted by molar-refractivity contribution is 6.28. The van der Waals surface area contributed by atoms with E-state index in [2.05, 4.69) is 0 Å². The summed E-state index contributed by atoms with van der Waals surface area (Å²) in [4.78, 5) is 10.8. The molecule has 0 aliphatic carbocycles. The Kier molecular flexibility index (Phi) is 2.51. The van der Waals surface area contributed by atoms with Crippen molar-refractivity contribution < 1.29 is 9.53 Å². The van der Waals surface area contributed by atoms with E-state index in [4.69, 9.17) is 16.3 Å². The number of carbonyl (C=O) groups is 1. The fourth-order valence-corrected chi connectivity index (χ4v) is 0.797. The van der Waals surface area contributed by atoms with Gasteiger partial charge >= 0.3 is 0 Å². The zero-order valence-electron chi connectivity index (χ0n) is 5.29. The van der Waals surface area contributed by atoms with E-state index in [0.717, 1.165) is 0 Å². The molecule has 0 radical (unpaired) electrons. The molecule has 0 aromatic rings. The average Bonchev–Trinajstić information content (AvgIpc) is 2.05. The molecule has 1 unspecified atom stereocenters. The van der Waals surface area contributed by atoms with Crippen molar-refractivity contribution in [2.75, 3.05) is 5.88 Å². The van der Waals surface area contributed by atoms with E-state index in [1.54, 1.807) is 18.2 Å². The maximum absolute atomic E-state index is 10.8. The van der Waals surface area contributed by atoms with Gasteiger partial charge in [-0.1, -0.05) is 6.08 Å². The van der Waals surface area contributed by atoms with Gasteiger partial charge in [0.05, 0.1) is 12.1 Å². The fraction of sp³-hybridized carbons (Fsp3) is 0.286. The lowest BCUT2D eigenvalue weighted by molar-refractivity contribution is -0.122. The summed E-state index contributed by atoms with van der Waals surface area (Å²) in [7, 11) is 0. The molecule has 0 aromatic heterocycles. The minimum atomic E-state index is -0.470. The van der Waals surface area contributed by atoms with Crippen molar-refractivity contribution in [1.29, 1.82) is 0 Å². The number of alkyl halides is 1. The number of Topliss-reactive ketones (excluding diaryl/α,β-unsaturated/α-hetero) is 1. The number of halogens is 1. The maximum Gasteiger partial charge on any atom is 0.191 e. The van der Waals surface area contributed by atoms with Crippen LogP contribution in [0.3, 0.4) is 0 Å². The predicted molar refractivity (Wildman–Crippen MR) is 38.9 cm³/mol. The molecule has 0 aromatic carbocycles. The third kappa shape index (κ3) is 1.61. The minimum absolute atomic E-state index is 0.00282. The molecule has 1 aliphatic rings. The van der Waals surface area contributed by atoms with Crippen molar-refractivity contribution in [3.05, 3.63) is 24.5 Å². The van der Waals surface area contributed by atoms with Crippen molar-refractivity contribution >= 4 is 17.4 Å². The predicted octanol–water partition coefficient (Wildman–Crippen LogP) is 1.26. The Labute approximate surface area is 64.1 Å². The molecule has 1 atom stereocenters. The standard InChI is InChI=1S/C7H7ClO2/c8-5-6(9)7-3-1-2-4-10-7/h1-4,7H,5H2. The summed E-state index contributed by atoms with van der Waals surface area (Å²) in [5, 5.41) is 0. The molecular weight excluding hydrogens is 152 g/mol. The Morgan fingerprint density at radius 3 is 2.90 bits per heavy atom. The number of ketones is 1. The molecule has 10 heavy (non-hydrogen) atoms. The molecule has 0 spiro atoms. The number of hydrogen-bond acceptors (Lipinski definition) is 2. The van der Waals surface area contributed by atoms with Gasteiger partial charge in [-0.05, 0) is 12.2 Å². The second kappa shape index (κ2) is 3.42. The van der Waals surface area contributed by atoms with Crippen molar-refractivity contribution in [3.63, 3.8) is 0 Å². The topological polar surface area (TPSA) is 26.3 Å². The van der Waals surface area contributed by atoms with E-state index in [9.17, 15) is 4.79 Å². The Morgan fingerprint density at radius 1 is 1.60 bits per heavy atom. The molecule has 54 valence electrons. The largest absolute Gasteiger partial charge is 0.486 e. The van der Waals surface area contributed by atoms with E-state index in [0.29, 0.717) is 0 Å². The first-order valence-electron chi connectivity index (χ1n) is 2.92. The Hall–Kier alpha value is -0.760. The van der Waals surface area contributed by atoms with Gasteiger partial charge in [0.2, 0.25) is 0 Å². The molecule has 0 N–H and O–H groups in total. The third-order valence-electron chi connectivity index (χ3n) is 1.15. The van der Waals surface area contributed by atoms with Crippen LogP contribution in [-0.2, 0) is 9.53 Å². The monoisotopic (exact) mass is 158 g/mol. The smallest absolute Gasteiger partial charge is 0.191 e. The van der Waals surface area contributed by atoms with Crippen LogP contribution >= 0.6 is 11.6 Å². The summed E-state index contributed by atoms with van der Waals surface area (Å²) in [6, 6.07) is 0. The number of carbonyl (C=O) groups excluding carboxylic acids is 1. The highest BCUT2D eigenvalue weighted by atomic mass is 35.5. The molecule has 0 fully saturated rings. The molecule has 0 saturated carbocycles. The van der Waals surface area contributed by atoms with Crippen LogP contribution in [-0.4, -0.2) is 17.8 Å². The maximum atomic E-state index is 10.8. The lowest BCUT2D eigenvalue weighted by Crippen LogP contribution is -2.22. The van der Waals surface area contributed by atoms with E-state index in [1.165, 1.54) is 6.26 Å². The minimum Gasteiger partial charge on any atom is -0.486 e. The molecule has 1 aliphatic heterocycles. The Bertz CT molecular complexity index is 184. The SMILES string of the molecule is O=C(CCl)C1C=CC=CO1. The van der Waals surface area contributed by atoms with Gasteiger partial charge in [-0.15, -0.1) is 11.6 Å². The molecule has 3 heteroatoms. The van der Waals surface area contributed by atoms with Crippen LogP contribution in [0, 0.1) is 0 Å². The number of rotatable bonds is 2. The summed E-state index contributed by atoms with van der Waals surface area (Å²) in [6.07, 6.45) is 6.17. The molecule has 0 amide bonds. The Morgan fingerprint density at radius 2 is 2.40 bits per heavy atom. The summed E-state index contributed by atoms with van der Waals surface area (Å²) < 4.78 is 4.93. The van der Waals surface area contributed by atoms with Crippen LogP contribution in [0.25, 0.3) is 0 Å². The number of ether oxygens (including phenoxy) is 1. The molecular formula is C7H7ClO2. The summed E-state index contributed by atoms with van der Waals surface area (Å²) in [5.41, 5.74) is 0. The van der Waals surface area contributed by atoms with Crippen molar-refractivity contribution in [2.24, 2.45) is 0 Å². The molecule has 0 saturated heterocycles. The first-order chi connectivity index (χ1) is 4.84. The first-order valence-corrected chi connectivity index (χ1v) is 3.45. The van der Waals surface area contributed by atoms with Crippen molar-refractivity contribution in [3.8, 4) is 0 Å². The van der Waals surface area contributed by atoms with E-state index in [1.807, 2.05) is 0 Å². The van der Waals surface area contributed by atoms with E-state index >= 15 is 0 Å². The normalized spacial score (nSPS) is 22.3. The van der Waals surface area contributed by atoms with Gasteiger partial charge in [-0.25, -0.2) is 0 Å². The first kappa shape index (κ1) is 7.35. The highest BCUT2D eigenvalue weighted by Gasteiger charge is 2.14. The van der Waals surface area contributed by atoms with Gasteiger partial charge in [0, 0.05) is 0 Å². The van der Waals surface area contributed by atoms with Gasteiger partial charge in [-0.3, -0.25) is 4.79 Å². The van der Waals surface area contributed by atoms with Gasteiger partial charge in [0.1, 0.15) is 0 Å². The van der Waals surface area contributed by atoms with Gasteiger partial charge in [0.15, 0.2) is 11.9 Å². The number of hydrogen-bond donors (Lipinski definition) is 0. The van der Waals surface area contributed by atoms with Crippen molar-refractivity contribution in [1.82, 2.24) is 0 Å². The average molecular weight is 159 g/mol. The van der Waals surface area contributed by atoms with Gasteiger partial charge in [-0.2, -0.15) is 0 Å². The molecule has 0 bridgehead atoms. The van der Waals surface area contributed by atoms with Crippen molar-refractivity contribution in [2.45, 2.75) is 6.10 Å². The van der Waals surface area contributed by atoms with Crippen LogP contribution < -0.4 is 0 Å². The van der Waals surface area contributed by atoms with Crippen LogP contribution in [0.5, 0.6) is 0 Å². The molecule has 1 rings (SSSR count). The van der Waals surface area contributed by atoms with Crippen LogP contribution in [0.4, 0.5) is 0 Å². The number of allylic oxidation sites excluding steroid dienone is 2. The lowest BCUT2D eigenvalue weighted by Gasteiger charge is -2.11. The zero-order valence-corrected chi connectivity index (χ0v) is 6.04. The zero-order chi connectivity index (χ0) is 7.40. The second-order valence-corrected chi connectivity index (χ2v) is 2.14. The van der Waals surface area contributed by atoms with Gasteiger partial charge < -0.3 is 4.74 Å². The lowest BCUT2D eigenvalue weighted by atomic mass is 10.2. The van der Waals surface area contributed by atoms with Crippen LogP contribution in [0.15, 0.2) is 24.5 Å². The van der Waals surface area contributed by atoms with E-state index < -0.39 is 6.10 Å². The van der Waals surface area contributed by atoms with Gasteiger partial charge in [0.25, 0.3) is 0 Å². The highest BCUT2D eigenvalue weighted by Crippen LogP contribution is 2.03. The quantitative estimate of drug-likeness (QED) is 0.566. The summed E-state index contributed by atoms with van der Waals surface area (Å²) >= 11 is 5.30. The van der Waals surface area contributed by atoms with E-state index in [-0.39, 0.29) is 11.7 Å². The molecule has 2 nitrogen and oxygen atoms in total. The van der Waals surface area contributed by atoms with Crippen LogP contribution in [0.1, 0.15) is 0 Å². The second-order valence-electron chi connectivity index (χ2n) is 1.87. The summed E-state index contributed by atoms with van der Waals surface area (Å²) in [5.74, 6) is -0.106. The fourth-order valence-electron chi connectivity index (χ4n) is 0.645. The summed E-state index contributed by atoms with van der Waals surface area (Å²) in [6.45, 7) is 0. The molecule has 1 heterocycles.